The molecule has 0 radical (unpaired) electrons. The van der Waals surface area contributed by atoms with Crippen LogP contribution in [-0.2, 0) is 11.3 Å². The van der Waals surface area contributed by atoms with Crippen molar-refractivity contribution in [2.24, 2.45) is 0 Å². The van der Waals surface area contributed by atoms with Crippen molar-refractivity contribution < 1.29 is 4.79 Å². The summed E-state index contributed by atoms with van der Waals surface area (Å²) in [6.07, 6.45) is 5.60. The van der Waals surface area contributed by atoms with Crippen molar-refractivity contribution in [3.05, 3.63) is 115 Å². The highest BCUT2D eigenvalue weighted by Gasteiger charge is 2.41. The zero-order valence-corrected chi connectivity index (χ0v) is 19.2. The molecular formula is C26H24N6OS. The first-order chi connectivity index (χ1) is 16.7. The summed E-state index contributed by atoms with van der Waals surface area (Å²) in [5.41, 5.74) is 3.60. The predicted molar refractivity (Wildman–Crippen MR) is 135 cm³/mol. The minimum absolute atomic E-state index is 0.115. The second-order valence-corrected chi connectivity index (χ2v) is 8.44. The van der Waals surface area contributed by atoms with Gasteiger partial charge in [0.25, 0.3) is 0 Å². The molecule has 5 rings (SSSR count). The molecule has 1 aliphatic rings. The molecule has 0 saturated carbocycles. The fourth-order valence-electron chi connectivity index (χ4n) is 4.28. The van der Waals surface area contributed by atoms with E-state index in [1.807, 2.05) is 83.9 Å². The number of hydrogen-bond acceptors (Lipinski definition) is 4. The van der Waals surface area contributed by atoms with E-state index in [4.69, 9.17) is 12.2 Å². The van der Waals surface area contributed by atoms with Gasteiger partial charge in [-0.05, 0) is 60.7 Å². The summed E-state index contributed by atoms with van der Waals surface area (Å²) < 4.78 is 2.15. The number of carbonyl (C=O) groups is 1. The number of anilines is 1. The van der Waals surface area contributed by atoms with Crippen LogP contribution in [0.2, 0.25) is 0 Å². The summed E-state index contributed by atoms with van der Waals surface area (Å²) in [5, 5.41) is 6.89. The Bertz CT molecular complexity index is 1260. The zero-order chi connectivity index (χ0) is 23.3. The summed E-state index contributed by atoms with van der Waals surface area (Å²) in [4.78, 5) is 24.0. The third-order valence-corrected chi connectivity index (χ3v) is 6.15. The van der Waals surface area contributed by atoms with Crippen molar-refractivity contribution >= 4 is 28.9 Å². The highest BCUT2D eigenvalue weighted by molar-refractivity contribution is 7.80. The van der Waals surface area contributed by atoms with Crippen LogP contribution in [0.15, 0.2) is 97.5 Å². The van der Waals surface area contributed by atoms with E-state index in [9.17, 15) is 4.79 Å². The maximum atomic E-state index is 13.0. The fourth-order valence-corrected chi connectivity index (χ4v) is 4.59. The molecule has 8 heteroatoms. The Morgan fingerprint density at radius 2 is 1.71 bits per heavy atom. The molecule has 1 aliphatic heterocycles. The molecule has 4 heterocycles. The number of aromatic nitrogens is 3. The van der Waals surface area contributed by atoms with Crippen molar-refractivity contribution in [2.45, 2.75) is 18.6 Å². The quantitative estimate of drug-likeness (QED) is 0.400. The van der Waals surface area contributed by atoms with Gasteiger partial charge < -0.3 is 20.1 Å². The van der Waals surface area contributed by atoms with E-state index >= 15 is 0 Å². The number of para-hydroxylation sites is 1. The van der Waals surface area contributed by atoms with Gasteiger partial charge in [-0.15, -0.1) is 0 Å². The molecule has 3 aromatic heterocycles. The number of carbonyl (C=O) groups excluding carboxylic acids is 1. The van der Waals surface area contributed by atoms with Gasteiger partial charge in [0.15, 0.2) is 5.11 Å². The number of hydrogen-bond donors (Lipinski definition) is 2. The van der Waals surface area contributed by atoms with E-state index in [-0.39, 0.29) is 24.5 Å². The van der Waals surface area contributed by atoms with Crippen LogP contribution >= 0.6 is 12.2 Å². The van der Waals surface area contributed by atoms with E-state index in [0.29, 0.717) is 11.7 Å². The Morgan fingerprint density at radius 1 is 0.941 bits per heavy atom. The molecule has 170 valence electrons. The summed E-state index contributed by atoms with van der Waals surface area (Å²) in [5.74, 6) is -0.134. The van der Waals surface area contributed by atoms with E-state index in [0.717, 1.165) is 22.8 Å². The van der Waals surface area contributed by atoms with E-state index in [1.54, 1.807) is 12.4 Å². The SMILES string of the molecule is O=C(CN1C(=S)N[C@H](c2ccccn2)[C@@H]1c1cccn1Cc1ccccn1)Nc1ccccc1. The molecule has 0 aliphatic carbocycles. The first kappa shape index (κ1) is 21.8. The van der Waals surface area contributed by atoms with Gasteiger partial charge in [0, 0.05) is 30.0 Å². The second-order valence-electron chi connectivity index (χ2n) is 8.05. The molecule has 2 N–H and O–H groups in total. The molecule has 34 heavy (non-hydrogen) atoms. The highest BCUT2D eigenvalue weighted by atomic mass is 32.1. The first-order valence-corrected chi connectivity index (χ1v) is 11.5. The van der Waals surface area contributed by atoms with E-state index < -0.39 is 0 Å². The standard InChI is InChI=1S/C26H24N6OS/c33-23(29-19-9-2-1-3-10-19)18-32-25(24(30-26(32)34)21-12-5-7-15-28-21)22-13-8-16-31(22)17-20-11-4-6-14-27-20/h1-16,24-25H,17-18H2,(H,29,33)(H,30,34)/t24-,25+/m1/s1. The Balaban J connectivity index is 1.47. The minimum Gasteiger partial charge on any atom is -0.352 e. The summed E-state index contributed by atoms with van der Waals surface area (Å²) in [6, 6.07) is 24.8. The number of rotatable bonds is 7. The minimum atomic E-state index is -0.220. The largest absolute Gasteiger partial charge is 0.352 e. The van der Waals surface area contributed by atoms with Crippen molar-refractivity contribution in [1.29, 1.82) is 0 Å². The van der Waals surface area contributed by atoms with E-state index in [2.05, 4.69) is 31.2 Å². The Kier molecular flexibility index (Phi) is 6.31. The van der Waals surface area contributed by atoms with Gasteiger partial charge in [0.05, 0.1) is 30.0 Å². The lowest BCUT2D eigenvalue weighted by Crippen LogP contribution is -2.37. The fraction of sp³-hybridized carbons (Fsp3) is 0.154. The lowest BCUT2D eigenvalue weighted by atomic mass is 10.0. The average Bonchev–Trinajstić information content (AvgIpc) is 3.44. The highest BCUT2D eigenvalue weighted by Crippen LogP contribution is 2.38. The van der Waals surface area contributed by atoms with Crippen LogP contribution in [0.25, 0.3) is 0 Å². The van der Waals surface area contributed by atoms with E-state index in [1.165, 1.54) is 0 Å². The number of nitrogens with zero attached hydrogens (tertiary/aromatic N) is 4. The Morgan fingerprint density at radius 3 is 2.44 bits per heavy atom. The van der Waals surface area contributed by atoms with Gasteiger partial charge in [-0.2, -0.15) is 0 Å². The maximum absolute atomic E-state index is 13.0. The number of amides is 1. The lowest BCUT2D eigenvalue weighted by Gasteiger charge is -2.28. The summed E-state index contributed by atoms with van der Waals surface area (Å²) in [6.45, 7) is 0.731. The summed E-state index contributed by atoms with van der Waals surface area (Å²) >= 11 is 5.71. The molecule has 1 fully saturated rings. The predicted octanol–water partition coefficient (Wildman–Crippen LogP) is 3.94. The third kappa shape index (κ3) is 4.67. The summed E-state index contributed by atoms with van der Waals surface area (Å²) in [7, 11) is 0. The first-order valence-electron chi connectivity index (χ1n) is 11.1. The topological polar surface area (TPSA) is 75.1 Å². The lowest BCUT2D eigenvalue weighted by molar-refractivity contribution is -0.116. The van der Waals surface area contributed by atoms with Gasteiger partial charge in [0.1, 0.15) is 6.54 Å². The van der Waals surface area contributed by atoms with Crippen LogP contribution in [0.1, 0.15) is 29.2 Å². The molecule has 4 aromatic rings. The molecule has 0 bridgehead atoms. The van der Waals surface area contributed by atoms with Gasteiger partial charge in [0.2, 0.25) is 5.91 Å². The normalized spacial score (nSPS) is 17.4. The number of benzene rings is 1. The monoisotopic (exact) mass is 468 g/mol. The van der Waals surface area contributed by atoms with Crippen LogP contribution in [0.5, 0.6) is 0 Å². The van der Waals surface area contributed by atoms with Crippen molar-refractivity contribution in [1.82, 2.24) is 24.8 Å². The average molecular weight is 469 g/mol. The molecule has 0 spiro atoms. The van der Waals surface area contributed by atoms with Gasteiger partial charge in [-0.25, -0.2) is 0 Å². The van der Waals surface area contributed by atoms with Crippen LogP contribution in [0, 0.1) is 0 Å². The molecule has 0 unspecified atom stereocenters. The molecule has 1 amide bonds. The smallest absolute Gasteiger partial charge is 0.244 e. The Hall–Kier alpha value is -4.04. The Labute approximate surface area is 203 Å². The van der Waals surface area contributed by atoms with Crippen LogP contribution in [0.3, 0.4) is 0 Å². The zero-order valence-electron chi connectivity index (χ0n) is 18.4. The van der Waals surface area contributed by atoms with Crippen molar-refractivity contribution in [2.75, 3.05) is 11.9 Å². The molecule has 7 nitrogen and oxygen atoms in total. The van der Waals surface area contributed by atoms with Crippen LogP contribution in [-0.4, -0.2) is 37.0 Å². The number of thiocarbonyl (C=S) groups is 1. The molecular weight excluding hydrogens is 444 g/mol. The number of nitrogens with one attached hydrogen (secondary N) is 2. The molecule has 1 aromatic carbocycles. The third-order valence-electron chi connectivity index (χ3n) is 5.80. The maximum Gasteiger partial charge on any atom is 0.244 e. The van der Waals surface area contributed by atoms with Crippen LogP contribution < -0.4 is 10.6 Å². The van der Waals surface area contributed by atoms with Gasteiger partial charge in [-0.3, -0.25) is 14.8 Å². The van der Waals surface area contributed by atoms with Crippen molar-refractivity contribution in [3.8, 4) is 0 Å². The van der Waals surface area contributed by atoms with Crippen molar-refractivity contribution in [3.63, 3.8) is 0 Å². The molecule has 1 saturated heterocycles. The van der Waals surface area contributed by atoms with Gasteiger partial charge >= 0.3 is 0 Å². The van der Waals surface area contributed by atoms with Gasteiger partial charge in [-0.1, -0.05) is 30.3 Å². The van der Waals surface area contributed by atoms with Crippen LogP contribution in [0.4, 0.5) is 5.69 Å². The number of pyridine rings is 2. The second kappa shape index (κ2) is 9.84. The molecule has 2 atom stereocenters.